The van der Waals surface area contributed by atoms with Crippen molar-refractivity contribution in [3.8, 4) is 23.0 Å². The van der Waals surface area contributed by atoms with Gasteiger partial charge in [0.2, 0.25) is 11.8 Å². The Labute approximate surface area is 274 Å². The molecule has 0 radical (unpaired) electrons. The smallest absolute Gasteiger partial charge is 0.265 e. The van der Waals surface area contributed by atoms with Gasteiger partial charge in [-0.1, -0.05) is 36.2 Å². The molecule has 0 aliphatic carbocycles. The number of nitrogens with zero attached hydrogens (tertiary/aromatic N) is 2. The van der Waals surface area contributed by atoms with Gasteiger partial charge in [0.1, 0.15) is 24.1 Å². The zero-order chi connectivity index (χ0) is 33.3. The summed E-state index contributed by atoms with van der Waals surface area (Å²) in [4.78, 5) is 28.4. The van der Waals surface area contributed by atoms with E-state index >= 15 is 0 Å². The summed E-state index contributed by atoms with van der Waals surface area (Å²) in [6, 6.07) is 12.5. The molecule has 3 aromatic rings. The average Bonchev–Trinajstić information content (AvgIpc) is 3.05. The highest BCUT2D eigenvalue weighted by atomic mass is 35.5. The van der Waals surface area contributed by atoms with Gasteiger partial charge in [-0.25, -0.2) is 8.42 Å². The van der Waals surface area contributed by atoms with Crippen LogP contribution in [0.3, 0.4) is 0 Å². The molecule has 11 nitrogen and oxygen atoms in total. The van der Waals surface area contributed by atoms with Crippen molar-refractivity contribution in [1.29, 1.82) is 0 Å². The predicted molar refractivity (Wildman–Crippen MR) is 173 cm³/mol. The molecule has 0 unspecified atom stereocenters. The van der Waals surface area contributed by atoms with Crippen LogP contribution < -0.4 is 28.6 Å². The van der Waals surface area contributed by atoms with Crippen molar-refractivity contribution in [2.45, 2.75) is 37.8 Å². The van der Waals surface area contributed by atoms with E-state index in [2.05, 4.69) is 5.32 Å². The van der Waals surface area contributed by atoms with Gasteiger partial charge in [0.25, 0.3) is 10.0 Å². The number of carbonyl (C=O) groups is 2. The Morgan fingerprint density at radius 1 is 0.844 bits per heavy atom. The highest BCUT2D eigenvalue weighted by Gasteiger charge is 2.34. The van der Waals surface area contributed by atoms with E-state index in [9.17, 15) is 18.0 Å². The number of amides is 2. The van der Waals surface area contributed by atoms with Crippen LogP contribution in [0.15, 0.2) is 59.5 Å². The monoisotopic (exact) mass is 681 g/mol. The molecule has 0 aliphatic heterocycles. The van der Waals surface area contributed by atoms with Crippen LogP contribution in [0.5, 0.6) is 23.0 Å². The van der Waals surface area contributed by atoms with Crippen molar-refractivity contribution < 1.29 is 37.0 Å². The maximum absolute atomic E-state index is 14.4. The molecule has 244 valence electrons. The number of hydrogen-bond donors (Lipinski definition) is 1. The largest absolute Gasteiger partial charge is 0.497 e. The van der Waals surface area contributed by atoms with Gasteiger partial charge in [-0.2, -0.15) is 0 Å². The van der Waals surface area contributed by atoms with Crippen molar-refractivity contribution in [2.24, 2.45) is 0 Å². The first kappa shape index (κ1) is 35.6. The summed E-state index contributed by atoms with van der Waals surface area (Å²) >= 11 is 12.3. The van der Waals surface area contributed by atoms with Crippen molar-refractivity contribution in [1.82, 2.24) is 10.2 Å². The molecule has 0 heterocycles. The third kappa shape index (κ3) is 8.44. The van der Waals surface area contributed by atoms with Crippen LogP contribution in [0.2, 0.25) is 10.0 Å². The molecule has 0 aromatic heterocycles. The third-order valence-electron chi connectivity index (χ3n) is 6.93. The molecule has 0 saturated heterocycles. The number of carbonyl (C=O) groups excluding carboxylic acids is 2. The fraction of sp³-hybridized carbons (Fsp3) is 0.355. The minimum atomic E-state index is -4.47. The zero-order valence-electron chi connectivity index (χ0n) is 25.9. The molecule has 0 spiro atoms. The van der Waals surface area contributed by atoms with Crippen LogP contribution in [0.25, 0.3) is 0 Å². The number of sulfonamides is 1. The Kier molecular flexibility index (Phi) is 12.6. The lowest BCUT2D eigenvalue weighted by Gasteiger charge is -2.32. The third-order valence-corrected chi connectivity index (χ3v) is 9.42. The Balaban J connectivity index is 2.17. The number of halogens is 2. The Morgan fingerprint density at radius 2 is 1.51 bits per heavy atom. The topological polar surface area (TPSA) is 124 Å². The van der Waals surface area contributed by atoms with E-state index in [1.54, 1.807) is 31.2 Å². The SMILES string of the molecule is CCCNC(=O)[C@H](C)N(Cc1ccc(Cl)c(Cl)c1)C(=O)CN(c1cc(OC)ccc1OC)S(=O)(=O)c1ccc(OC)c(OC)c1. The van der Waals surface area contributed by atoms with Crippen LogP contribution in [0.4, 0.5) is 5.69 Å². The summed E-state index contributed by atoms with van der Waals surface area (Å²) in [6.07, 6.45) is 0.687. The number of ether oxygens (including phenoxy) is 4. The fourth-order valence-corrected chi connectivity index (χ4v) is 6.18. The summed E-state index contributed by atoms with van der Waals surface area (Å²) < 4.78 is 51.1. The molecule has 0 bridgehead atoms. The minimum absolute atomic E-state index is 0.0394. The highest BCUT2D eigenvalue weighted by Crippen LogP contribution is 2.38. The quantitative estimate of drug-likeness (QED) is 0.233. The van der Waals surface area contributed by atoms with Crippen molar-refractivity contribution in [3.05, 3.63) is 70.2 Å². The van der Waals surface area contributed by atoms with E-state index in [1.165, 1.54) is 63.7 Å². The predicted octanol–water partition coefficient (Wildman–Crippen LogP) is 5.17. The lowest BCUT2D eigenvalue weighted by Crippen LogP contribution is -2.51. The molecule has 45 heavy (non-hydrogen) atoms. The van der Waals surface area contributed by atoms with E-state index < -0.39 is 34.4 Å². The molecule has 2 amide bonds. The van der Waals surface area contributed by atoms with Gasteiger partial charge >= 0.3 is 0 Å². The second-order valence-electron chi connectivity index (χ2n) is 9.80. The van der Waals surface area contributed by atoms with Gasteiger partial charge < -0.3 is 29.2 Å². The van der Waals surface area contributed by atoms with Gasteiger partial charge in [-0.15, -0.1) is 0 Å². The standard InChI is InChI=1S/C31H37Cl2N3O8S/c1-7-14-34-31(38)20(2)35(18-21-8-11-24(32)25(33)15-21)30(37)19-36(26-16-22(41-3)9-12-27(26)42-4)45(39,40)23-10-13-28(43-5)29(17-23)44-6/h8-13,15-17,20H,7,14,18-19H2,1-6H3,(H,34,38)/t20-/m0/s1. The zero-order valence-corrected chi connectivity index (χ0v) is 28.3. The lowest BCUT2D eigenvalue weighted by molar-refractivity contribution is -0.139. The molecule has 0 saturated carbocycles. The van der Waals surface area contributed by atoms with E-state index in [1.807, 2.05) is 6.92 Å². The summed E-state index contributed by atoms with van der Waals surface area (Å²) in [6.45, 7) is 3.11. The van der Waals surface area contributed by atoms with E-state index in [0.717, 1.165) is 4.31 Å². The second kappa shape index (κ2) is 15.9. The van der Waals surface area contributed by atoms with E-state index in [0.29, 0.717) is 35.1 Å². The van der Waals surface area contributed by atoms with Crippen molar-refractivity contribution >= 4 is 50.7 Å². The van der Waals surface area contributed by atoms with Crippen LogP contribution in [-0.2, 0) is 26.2 Å². The van der Waals surface area contributed by atoms with E-state index in [-0.39, 0.29) is 33.6 Å². The van der Waals surface area contributed by atoms with Gasteiger partial charge in [0.05, 0.1) is 49.1 Å². The van der Waals surface area contributed by atoms with Crippen LogP contribution >= 0.6 is 23.2 Å². The number of methoxy groups -OCH3 is 4. The summed E-state index contributed by atoms with van der Waals surface area (Å²) in [7, 11) is 1.15. The summed E-state index contributed by atoms with van der Waals surface area (Å²) in [5.74, 6) is -0.0986. The summed E-state index contributed by atoms with van der Waals surface area (Å²) in [5, 5.41) is 3.39. The maximum Gasteiger partial charge on any atom is 0.265 e. The molecule has 1 N–H and O–H groups in total. The molecular formula is C31H37Cl2N3O8S. The lowest BCUT2D eigenvalue weighted by atomic mass is 10.1. The van der Waals surface area contributed by atoms with Crippen molar-refractivity contribution in [2.75, 3.05) is 45.8 Å². The van der Waals surface area contributed by atoms with Gasteiger partial charge in [-0.3, -0.25) is 13.9 Å². The first-order valence-electron chi connectivity index (χ1n) is 13.9. The number of rotatable bonds is 15. The van der Waals surface area contributed by atoms with Crippen LogP contribution in [-0.4, -0.2) is 72.7 Å². The van der Waals surface area contributed by atoms with E-state index in [4.69, 9.17) is 42.1 Å². The molecular weight excluding hydrogens is 645 g/mol. The number of nitrogens with one attached hydrogen (secondary N) is 1. The molecule has 0 fully saturated rings. The first-order valence-corrected chi connectivity index (χ1v) is 16.1. The van der Waals surface area contributed by atoms with Gasteiger partial charge in [-0.05, 0) is 55.3 Å². The maximum atomic E-state index is 14.4. The van der Waals surface area contributed by atoms with Crippen LogP contribution in [0, 0.1) is 0 Å². The van der Waals surface area contributed by atoms with Gasteiger partial charge in [0.15, 0.2) is 11.5 Å². The molecule has 3 aromatic carbocycles. The second-order valence-corrected chi connectivity index (χ2v) is 12.5. The highest BCUT2D eigenvalue weighted by molar-refractivity contribution is 7.92. The number of anilines is 1. The summed E-state index contributed by atoms with van der Waals surface area (Å²) in [5.41, 5.74) is 0.624. The minimum Gasteiger partial charge on any atom is -0.497 e. The first-order chi connectivity index (χ1) is 21.4. The van der Waals surface area contributed by atoms with Gasteiger partial charge in [0, 0.05) is 25.2 Å². The average molecular weight is 683 g/mol. The fourth-order valence-electron chi connectivity index (χ4n) is 4.42. The molecule has 0 aliphatic rings. The Bertz CT molecular complexity index is 1620. The number of hydrogen-bond acceptors (Lipinski definition) is 8. The normalized spacial score (nSPS) is 11.7. The number of benzene rings is 3. The van der Waals surface area contributed by atoms with Crippen LogP contribution in [0.1, 0.15) is 25.8 Å². The Hall–Kier alpha value is -3.87. The molecule has 14 heteroatoms. The van der Waals surface area contributed by atoms with Crippen molar-refractivity contribution in [3.63, 3.8) is 0 Å². The Morgan fingerprint density at radius 3 is 2.11 bits per heavy atom. The molecule has 3 rings (SSSR count). The molecule has 1 atom stereocenters.